The minimum absolute atomic E-state index is 0.180. The van der Waals surface area contributed by atoms with Crippen LogP contribution in [-0.2, 0) is 0 Å². The molecule has 3 heteroatoms. The number of carbonyl (C=O) groups excluding carboxylic acids is 1. The summed E-state index contributed by atoms with van der Waals surface area (Å²) >= 11 is 1.53. The fourth-order valence-electron chi connectivity index (χ4n) is 2.78. The lowest BCUT2D eigenvalue weighted by molar-refractivity contribution is 0.0740. The number of nitrogens with zero attached hydrogens (tertiary/aromatic N) is 1. The highest BCUT2D eigenvalue weighted by Gasteiger charge is 2.30. The van der Waals surface area contributed by atoms with Gasteiger partial charge in [0.05, 0.1) is 10.9 Å². The zero-order chi connectivity index (χ0) is 13.2. The monoisotopic (exact) mass is 271 g/mol. The number of carbonyl (C=O) groups is 1. The molecule has 1 fully saturated rings. The van der Waals surface area contributed by atoms with Gasteiger partial charge >= 0.3 is 0 Å². The van der Waals surface area contributed by atoms with Gasteiger partial charge in [-0.2, -0.15) is 0 Å². The molecule has 1 aromatic heterocycles. The van der Waals surface area contributed by atoms with Crippen molar-refractivity contribution in [3.63, 3.8) is 0 Å². The number of benzene rings is 1. The van der Waals surface area contributed by atoms with Gasteiger partial charge in [0.2, 0.25) is 0 Å². The molecule has 2 aromatic rings. The van der Waals surface area contributed by atoms with E-state index in [0.717, 1.165) is 24.3 Å². The third-order valence-electron chi connectivity index (χ3n) is 3.67. The van der Waals surface area contributed by atoms with Crippen molar-refractivity contribution in [2.75, 3.05) is 6.54 Å². The number of rotatable bonds is 2. The number of amides is 1. The van der Waals surface area contributed by atoms with Gasteiger partial charge < -0.3 is 4.90 Å². The highest BCUT2D eigenvalue weighted by molar-refractivity contribution is 7.12. The Labute approximate surface area is 117 Å². The zero-order valence-electron chi connectivity index (χ0n) is 11.0. The molecule has 0 radical (unpaired) electrons. The van der Waals surface area contributed by atoms with Crippen molar-refractivity contribution in [2.45, 2.75) is 25.8 Å². The van der Waals surface area contributed by atoms with Crippen LogP contribution in [0.5, 0.6) is 0 Å². The van der Waals surface area contributed by atoms with Crippen LogP contribution < -0.4 is 0 Å². The first-order valence-corrected chi connectivity index (χ1v) is 7.55. The second kappa shape index (κ2) is 5.17. The third-order valence-corrected chi connectivity index (χ3v) is 4.53. The first kappa shape index (κ1) is 12.4. The molecule has 0 spiro atoms. The molecule has 1 aliphatic rings. The lowest BCUT2D eigenvalue weighted by Crippen LogP contribution is -2.29. The van der Waals surface area contributed by atoms with E-state index in [4.69, 9.17) is 0 Å². The van der Waals surface area contributed by atoms with Crippen molar-refractivity contribution in [1.82, 2.24) is 4.90 Å². The standard InChI is InChI=1S/C16H17NOS/c1-12-5-2-6-13(11-12)14-7-3-9-17(14)16(18)15-8-4-10-19-15/h2,4-6,8,10-11,14H,3,7,9H2,1H3. The second-order valence-electron chi connectivity index (χ2n) is 5.05. The van der Waals surface area contributed by atoms with E-state index in [1.807, 2.05) is 22.4 Å². The first-order valence-electron chi connectivity index (χ1n) is 6.67. The molecule has 0 N–H and O–H groups in total. The predicted molar refractivity (Wildman–Crippen MR) is 78.5 cm³/mol. The van der Waals surface area contributed by atoms with Crippen molar-refractivity contribution in [3.05, 3.63) is 57.8 Å². The Morgan fingerprint density at radius 3 is 2.95 bits per heavy atom. The van der Waals surface area contributed by atoms with E-state index in [-0.39, 0.29) is 11.9 Å². The summed E-state index contributed by atoms with van der Waals surface area (Å²) in [5.41, 5.74) is 2.52. The number of hydrogen-bond donors (Lipinski definition) is 0. The molecule has 2 nitrogen and oxygen atoms in total. The summed E-state index contributed by atoms with van der Waals surface area (Å²) in [4.78, 5) is 15.4. The van der Waals surface area contributed by atoms with Crippen LogP contribution in [-0.4, -0.2) is 17.4 Å². The average molecular weight is 271 g/mol. The van der Waals surface area contributed by atoms with Gasteiger partial charge in [0.1, 0.15) is 0 Å². The van der Waals surface area contributed by atoms with Crippen LogP contribution in [0.4, 0.5) is 0 Å². The van der Waals surface area contributed by atoms with Crippen molar-refractivity contribution < 1.29 is 4.79 Å². The van der Waals surface area contributed by atoms with E-state index in [1.165, 1.54) is 22.5 Å². The summed E-state index contributed by atoms with van der Waals surface area (Å²) in [5.74, 6) is 0.180. The van der Waals surface area contributed by atoms with Gasteiger partial charge in [0.15, 0.2) is 0 Å². The molecule has 1 saturated heterocycles. The van der Waals surface area contributed by atoms with Gasteiger partial charge in [-0.3, -0.25) is 4.79 Å². The van der Waals surface area contributed by atoms with Gasteiger partial charge in [-0.05, 0) is 36.8 Å². The van der Waals surface area contributed by atoms with E-state index >= 15 is 0 Å². The average Bonchev–Trinajstić information content (AvgIpc) is 3.09. The van der Waals surface area contributed by atoms with Crippen LogP contribution in [0.1, 0.15) is 39.7 Å². The smallest absolute Gasteiger partial charge is 0.264 e. The van der Waals surface area contributed by atoms with Gasteiger partial charge in [-0.1, -0.05) is 35.9 Å². The largest absolute Gasteiger partial charge is 0.331 e. The molecule has 1 aliphatic heterocycles. The maximum absolute atomic E-state index is 12.5. The molecule has 2 heterocycles. The molecular weight excluding hydrogens is 254 g/mol. The Balaban J connectivity index is 1.88. The molecule has 0 bridgehead atoms. The van der Waals surface area contributed by atoms with Crippen LogP contribution in [0.25, 0.3) is 0 Å². The molecule has 1 amide bonds. The Morgan fingerprint density at radius 1 is 1.32 bits per heavy atom. The summed E-state index contributed by atoms with van der Waals surface area (Å²) in [5, 5.41) is 1.96. The molecule has 1 aromatic carbocycles. The van der Waals surface area contributed by atoms with E-state index in [1.54, 1.807) is 0 Å². The topological polar surface area (TPSA) is 20.3 Å². The SMILES string of the molecule is Cc1cccc(C2CCCN2C(=O)c2cccs2)c1. The van der Waals surface area contributed by atoms with Crippen LogP contribution in [0.3, 0.4) is 0 Å². The van der Waals surface area contributed by atoms with Crippen molar-refractivity contribution in [2.24, 2.45) is 0 Å². The van der Waals surface area contributed by atoms with Gasteiger partial charge in [-0.15, -0.1) is 11.3 Å². The molecule has 0 saturated carbocycles. The Morgan fingerprint density at radius 2 is 2.21 bits per heavy atom. The van der Waals surface area contributed by atoms with Crippen LogP contribution in [0.15, 0.2) is 41.8 Å². The Kier molecular flexibility index (Phi) is 3.38. The predicted octanol–water partition coefficient (Wildman–Crippen LogP) is 4.03. The molecular formula is C16H17NOS. The maximum Gasteiger partial charge on any atom is 0.264 e. The van der Waals surface area contributed by atoms with Gasteiger partial charge in [-0.25, -0.2) is 0 Å². The Bertz CT molecular complexity index is 576. The number of hydrogen-bond acceptors (Lipinski definition) is 2. The van der Waals surface area contributed by atoms with E-state index in [2.05, 4.69) is 31.2 Å². The highest BCUT2D eigenvalue weighted by Crippen LogP contribution is 2.33. The van der Waals surface area contributed by atoms with Crippen LogP contribution in [0.2, 0.25) is 0 Å². The maximum atomic E-state index is 12.5. The number of thiophene rings is 1. The molecule has 19 heavy (non-hydrogen) atoms. The van der Waals surface area contributed by atoms with Gasteiger partial charge in [0, 0.05) is 6.54 Å². The molecule has 1 atom stereocenters. The summed E-state index contributed by atoms with van der Waals surface area (Å²) in [6, 6.07) is 12.6. The molecule has 0 aliphatic carbocycles. The summed E-state index contributed by atoms with van der Waals surface area (Å²) < 4.78 is 0. The van der Waals surface area contributed by atoms with Crippen LogP contribution in [0, 0.1) is 6.92 Å². The fraction of sp³-hybridized carbons (Fsp3) is 0.312. The molecule has 3 rings (SSSR count). The summed E-state index contributed by atoms with van der Waals surface area (Å²) in [7, 11) is 0. The summed E-state index contributed by atoms with van der Waals surface area (Å²) in [6.07, 6.45) is 2.16. The van der Waals surface area contributed by atoms with Gasteiger partial charge in [0.25, 0.3) is 5.91 Å². The second-order valence-corrected chi connectivity index (χ2v) is 6.00. The van der Waals surface area contributed by atoms with E-state index in [0.29, 0.717) is 0 Å². The van der Waals surface area contributed by atoms with Crippen molar-refractivity contribution in [1.29, 1.82) is 0 Å². The fourth-order valence-corrected chi connectivity index (χ4v) is 3.45. The Hall–Kier alpha value is -1.61. The van der Waals surface area contributed by atoms with E-state index in [9.17, 15) is 4.79 Å². The number of likely N-dealkylation sites (tertiary alicyclic amines) is 1. The summed E-state index contributed by atoms with van der Waals surface area (Å²) in [6.45, 7) is 2.97. The first-order chi connectivity index (χ1) is 9.25. The quantitative estimate of drug-likeness (QED) is 0.807. The van der Waals surface area contributed by atoms with Crippen molar-refractivity contribution >= 4 is 17.2 Å². The van der Waals surface area contributed by atoms with E-state index < -0.39 is 0 Å². The normalized spacial score (nSPS) is 18.8. The van der Waals surface area contributed by atoms with Crippen molar-refractivity contribution in [3.8, 4) is 0 Å². The lowest BCUT2D eigenvalue weighted by Gasteiger charge is -2.24. The number of aryl methyl sites for hydroxylation is 1. The highest BCUT2D eigenvalue weighted by atomic mass is 32.1. The minimum Gasteiger partial charge on any atom is -0.331 e. The lowest BCUT2D eigenvalue weighted by atomic mass is 10.0. The molecule has 98 valence electrons. The third kappa shape index (κ3) is 2.43. The molecule has 1 unspecified atom stereocenters. The van der Waals surface area contributed by atoms with Crippen LogP contribution >= 0.6 is 11.3 Å². The minimum atomic E-state index is 0.180. The zero-order valence-corrected chi connectivity index (χ0v) is 11.8.